The molecule has 0 saturated carbocycles. The highest BCUT2D eigenvalue weighted by atomic mass is 16.6. The zero-order chi connectivity index (χ0) is 24.6. The molecule has 0 amide bonds. The van der Waals surface area contributed by atoms with E-state index in [1.165, 1.54) is 72.8 Å². The minimum Gasteiger partial charge on any atom is -0.258 e. The molecule has 4 rings (SSSR count). The van der Waals surface area contributed by atoms with Crippen LogP contribution in [0.1, 0.15) is 0 Å². The van der Waals surface area contributed by atoms with E-state index in [1.807, 2.05) is 0 Å². The number of fused-ring (bicyclic) bond motifs is 1. The van der Waals surface area contributed by atoms with Crippen LogP contribution in [0.15, 0.2) is 72.8 Å². The first-order valence-electron chi connectivity index (χ1n) is 9.58. The zero-order valence-electron chi connectivity index (χ0n) is 17.0. The molecule has 12 nitrogen and oxygen atoms in total. The van der Waals surface area contributed by atoms with Crippen molar-refractivity contribution in [3.8, 4) is 22.3 Å². The molecule has 4 aromatic carbocycles. The summed E-state index contributed by atoms with van der Waals surface area (Å²) >= 11 is 0. The molecular weight excluding hydrogens is 448 g/mol. The van der Waals surface area contributed by atoms with Gasteiger partial charge >= 0.3 is 0 Å². The van der Waals surface area contributed by atoms with E-state index < -0.39 is 42.4 Å². The van der Waals surface area contributed by atoms with Gasteiger partial charge in [0.1, 0.15) is 5.39 Å². The maximum atomic E-state index is 12.2. The molecule has 0 fully saturated rings. The summed E-state index contributed by atoms with van der Waals surface area (Å²) in [6.07, 6.45) is 0. The van der Waals surface area contributed by atoms with E-state index in [0.717, 1.165) is 0 Å². The molecule has 0 aliphatic carbocycles. The first kappa shape index (κ1) is 22.0. The fourth-order valence-electron chi connectivity index (χ4n) is 3.92. The molecule has 0 atom stereocenters. The van der Waals surface area contributed by atoms with Crippen LogP contribution in [-0.4, -0.2) is 19.7 Å². The highest BCUT2D eigenvalue weighted by Gasteiger charge is 2.33. The molecule has 0 spiro atoms. The summed E-state index contributed by atoms with van der Waals surface area (Å²) in [5.74, 6) is 0. The van der Waals surface area contributed by atoms with Gasteiger partial charge in [0, 0.05) is 12.1 Å². The van der Waals surface area contributed by atoms with Crippen molar-refractivity contribution >= 4 is 33.5 Å². The smallest absolute Gasteiger partial charge is 0.258 e. The molecule has 34 heavy (non-hydrogen) atoms. The Morgan fingerprint density at radius 3 is 1.18 bits per heavy atom. The SMILES string of the molecule is O=[N+]([O-])c1ccccc1-c1ccc2ccc(-c3ccccc3[N+](=O)[O-])c([N+](=O)[O-])c2c1[N+](=O)[O-]. The fraction of sp³-hybridized carbons (Fsp3) is 0. The van der Waals surface area contributed by atoms with E-state index in [2.05, 4.69) is 0 Å². The molecule has 168 valence electrons. The van der Waals surface area contributed by atoms with Crippen molar-refractivity contribution in [3.05, 3.63) is 113 Å². The zero-order valence-corrected chi connectivity index (χ0v) is 17.0. The summed E-state index contributed by atoms with van der Waals surface area (Å²) < 4.78 is 0. The van der Waals surface area contributed by atoms with E-state index in [-0.39, 0.29) is 33.0 Å². The Kier molecular flexibility index (Phi) is 5.39. The number of para-hydroxylation sites is 2. The molecule has 0 aromatic heterocycles. The maximum Gasteiger partial charge on any atom is 0.292 e. The molecule has 0 radical (unpaired) electrons. The monoisotopic (exact) mass is 460 g/mol. The van der Waals surface area contributed by atoms with Gasteiger partial charge in [0.15, 0.2) is 0 Å². The van der Waals surface area contributed by atoms with E-state index in [4.69, 9.17) is 0 Å². The van der Waals surface area contributed by atoms with Crippen LogP contribution in [0.4, 0.5) is 22.7 Å². The number of nitro groups is 4. The summed E-state index contributed by atoms with van der Waals surface area (Å²) in [5.41, 5.74) is -2.80. The second-order valence-corrected chi connectivity index (χ2v) is 7.08. The van der Waals surface area contributed by atoms with Crippen molar-refractivity contribution in [2.45, 2.75) is 0 Å². The van der Waals surface area contributed by atoms with Gasteiger partial charge in [0.05, 0.1) is 41.9 Å². The molecule has 0 N–H and O–H groups in total. The van der Waals surface area contributed by atoms with E-state index in [9.17, 15) is 40.5 Å². The Morgan fingerprint density at radius 1 is 0.441 bits per heavy atom. The van der Waals surface area contributed by atoms with Crippen LogP contribution in [0.3, 0.4) is 0 Å². The second kappa shape index (κ2) is 8.35. The quantitative estimate of drug-likeness (QED) is 0.256. The van der Waals surface area contributed by atoms with Gasteiger partial charge in [-0.05, 0) is 29.7 Å². The molecule has 0 aliphatic heterocycles. The van der Waals surface area contributed by atoms with E-state index >= 15 is 0 Å². The largest absolute Gasteiger partial charge is 0.292 e. The van der Waals surface area contributed by atoms with Gasteiger partial charge in [0.25, 0.3) is 22.7 Å². The summed E-state index contributed by atoms with van der Waals surface area (Å²) in [4.78, 5) is 44.3. The highest BCUT2D eigenvalue weighted by molar-refractivity contribution is 6.08. The predicted octanol–water partition coefficient (Wildman–Crippen LogP) is 5.81. The summed E-state index contributed by atoms with van der Waals surface area (Å²) in [5, 5.41) is 47.2. The summed E-state index contributed by atoms with van der Waals surface area (Å²) in [6.45, 7) is 0. The van der Waals surface area contributed by atoms with Crippen molar-refractivity contribution in [3.63, 3.8) is 0 Å². The number of nitrogens with zero attached hydrogens (tertiary/aromatic N) is 4. The minimum atomic E-state index is -0.843. The second-order valence-electron chi connectivity index (χ2n) is 7.08. The van der Waals surface area contributed by atoms with Crippen LogP contribution in [0, 0.1) is 40.5 Å². The Hall–Kier alpha value is -5.26. The van der Waals surface area contributed by atoms with Gasteiger partial charge in [-0.2, -0.15) is 0 Å². The van der Waals surface area contributed by atoms with Crippen LogP contribution >= 0.6 is 0 Å². The molecule has 0 unspecified atom stereocenters. The van der Waals surface area contributed by atoms with E-state index in [0.29, 0.717) is 0 Å². The van der Waals surface area contributed by atoms with Crippen molar-refractivity contribution in [1.82, 2.24) is 0 Å². The van der Waals surface area contributed by atoms with Gasteiger partial charge in [-0.1, -0.05) is 36.4 Å². The number of hydrogen-bond acceptors (Lipinski definition) is 8. The van der Waals surface area contributed by atoms with Gasteiger partial charge in [0.2, 0.25) is 0 Å². The maximum absolute atomic E-state index is 12.2. The molecule has 0 bridgehead atoms. The van der Waals surface area contributed by atoms with Gasteiger partial charge < -0.3 is 0 Å². The number of hydrogen-bond donors (Lipinski definition) is 0. The summed E-state index contributed by atoms with van der Waals surface area (Å²) in [6, 6.07) is 16.0. The number of nitro benzene ring substituents is 4. The van der Waals surface area contributed by atoms with Crippen LogP contribution in [0.25, 0.3) is 33.0 Å². The molecular formula is C22H12N4O8. The van der Waals surface area contributed by atoms with Crippen molar-refractivity contribution in [1.29, 1.82) is 0 Å². The third-order valence-corrected chi connectivity index (χ3v) is 5.28. The Bertz CT molecular complexity index is 1420. The summed E-state index contributed by atoms with van der Waals surface area (Å²) in [7, 11) is 0. The average molecular weight is 460 g/mol. The first-order valence-corrected chi connectivity index (χ1v) is 9.58. The van der Waals surface area contributed by atoms with Crippen LogP contribution in [0.2, 0.25) is 0 Å². The Labute approximate surface area is 189 Å². The number of benzene rings is 4. The van der Waals surface area contributed by atoms with E-state index in [1.54, 1.807) is 0 Å². The lowest BCUT2D eigenvalue weighted by atomic mass is 9.92. The van der Waals surface area contributed by atoms with Crippen molar-refractivity contribution in [2.75, 3.05) is 0 Å². The Balaban J connectivity index is 2.19. The standard InChI is InChI=1S/C22H12N4O8/c27-23(28)18-7-3-1-5-14(18)16-11-9-13-10-12-17(15-6-2-4-8-19(15)24(29)30)22(26(33)34)20(13)21(16)25(31)32/h1-12H. The third kappa shape index (κ3) is 3.54. The van der Waals surface area contributed by atoms with Crippen LogP contribution in [-0.2, 0) is 0 Å². The van der Waals surface area contributed by atoms with Crippen molar-refractivity contribution in [2.24, 2.45) is 0 Å². The molecule has 12 heteroatoms. The topological polar surface area (TPSA) is 173 Å². The average Bonchev–Trinajstić information content (AvgIpc) is 2.82. The minimum absolute atomic E-state index is 0.0912. The normalized spacial score (nSPS) is 10.7. The van der Waals surface area contributed by atoms with Gasteiger partial charge in [-0.15, -0.1) is 0 Å². The lowest BCUT2D eigenvalue weighted by molar-refractivity contribution is -0.390. The molecule has 0 saturated heterocycles. The molecule has 4 aromatic rings. The number of rotatable bonds is 6. The highest BCUT2D eigenvalue weighted by Crippen LogP contribution is 2.47. The first-order chi connectivity index (χ1) is 16.2. The lowest BCUT2D eigenvalue weighted by Crippen LogP contribution is -2.01. The van der Waals surface area contributed by atoms with Crippen molar-refractivity contribution < 1.29 is 19.7 Å². The van der Waals surface area contributed by atoms with Crippen LogP contribution < -0.4 is 0 Å². The third-order valence-electron chi connectivity index (χ3n) is 5.28. The van der Waals surface area contributed by atoms with Gasteiger partial charge in [-0.3, -0.25) is 40.5 Å². The Morgan fingerprint density at radius 2 is 0.824 bits per heavy atom. The van der Waals surface area contributed by atoms with Gasteiger partial charge in [-0.25, -0.2) is 0 Å². The predicted molar refractivity (Wildman–Crippen MR) is 121 cm³/mol. The van der Waals surface area contributed by atoms with Crippen LogP contribution in [0.5, 0.6) is 0 Å². The lowest BCUT2D eigenvalue weighted by Gasteiger charge is -2.11. The molecule has 0 heterocycles. The fourth-order valence-corrected chi connectivity index (χ4v) is 3.92. The molecule has 0 aliphatic rings.